The fraction of sp³-hybridized carbons (Fsp3) is 0.769. The molecule has 1 amide bonds. The molecule has 0 bridgehead atoms. The molecule has 1 aliphatic heterocycles. The van der Waals surface area contributed by atoms with Gasteiger partial charge in [0.1, 0.15) is 0 Å². The Morgan fingerprint density at radius 3 is 2.43 bits per heavy atom. The lowest BCUT2D eigenvalue weighted by atomic mass is 10.1. The van der Waals surface area contributed by atoms with Crippen molar-refractivity contribution in [2.24, 2.45) is 0 Å². The first-order chi connectivity index (χ1) is 9.82. The Labute approximate surface area is 124 Å². The van der Waals surface area contributed by atoms with Gasteiger partial charge < -0.3 is 9.52 Å². The summed E-state index contributed by atoms with van der Waals surface area (Å²) in [7, 11) is 0. The molecule has 0 radical (unpaired) electrons. The van der Waals surface area contributed by atoms with Crippen LogP contribution in [0, 0.1) is 6.92 Å². The van der Waals surface area contributed by atoms with E-state index in [0.717, 1.165) is 26.2 Å². The van der Waals surface area contributed by atoms with Crippen LogP contribution >= 0.6 is 0 Å². The maximum absolute atomic E-state index is 11.9. The monoisotopic (exact) mass is 297 g/mol. The van der Waals surface area contributed by atoms with Crippen LogP contribution in [0.15, 0.2) is 4.42 Å². The Bertz CT molecular complexity index is 474. The quantitative estimate of drug-likeness (QED) is 0.771. The summed E-state index contributed by atoms with van der Waals surface area (Å²) in [5.41, 5.74) is -0.685. The van der Waals surface area contributed by atoms with Gasteiger partial charge in [0, 0.05) is 39.6 Å². The summed E-state index contributed by atoms with van der Waals surface area (Å²) in [5.74, 6) is 0.264. The molecule has 0 atom stereocenters. The highest BCUT2D eigenvalue weighted by molar-refractivity contribution is 5.90. The molecule has 118 valence electrons. The lowest BCUT2D eigenvalue weighted by Crippen LogP contribution is -2.51. The number of aromatic nitrogens is 2. The minimum atomic E-state index is -0.685. The van der Waals surface area contributed by atoms with Crippen molar-refractivity contribution in [2.45, 2.75) is 26.4 Å². The number of amides is 1. The predicted molar refractivity (Wildman–Crippen MR) is 76.8 cm³/mol. The summed E-state index contributed by atoms with van der Waals surface area (Å²) in [4.78, 5) is 16.1. The summed E-state index contributed by atoms with van der Waals surface area (Å²) in [5, 5.41) is 19.8. The zero-order valence-electron chi connectivity index (χ0n) is 12.8. The Kier molecular flexibility index (Phi) is 4.92. The Balaban J connectivity index is 1.72. The van der Waals surface area contributed by atoms with Crippen molar-refractivity contribution < 1.29 is 14.3 Å². The number of piperazine rings is 1. The van der Waals surface area contributed by atoms with Crippen LogP contribution in [-0.2, 0) is 4.79 Å². The van der Waals surface area contributed by atoms with Crippen molar-refractivity contribution in [1.82, 2.24) is 20.0 Å². The van der Waals surface area contributed by atoms with E-state index >= 15 is 0 Å². The zero-order chi connectivity index (χ0) is 15.5. The largest absolute Gasteiger partial charge is 0.408 e. The molecule has 8 heteroatoms. The standard InChI is InChI=1S/C13H23N5O3/c1-10-15-16-12(21-10)14-11(19)8-17-4-6-18(7-5-17)9-13(2,3)20/h20H,4-9H2,1-3H3,(H,14,16,19). The number of nitrogens with one attached hydrogen (secondary N) is 1. The predicted octanol–water partition coefficient (Wildman–Crippen LogP) is -0.295. The van der Waals surface area contributed by atoms with Crippen LogP contribution in [0.5, 0.6) is 0 Å². The Hall–Kier alpha value is -1.51. The molecule has 0 unspecified atom stereocenters. The lowest BCUT2D eigenvalue weighted by Gasteiger charge is -2.36. The van der Waals surface area contributed by atoms with E-state index in [2.05, 4.69) is 25.3 Å². The Morgan fingerprint density at radius 2 is 1.90 bits per heavy atom. The van der Waals surface area contributed by atoms with Crippen molar-refractivity contribution in [1.29, 1.82) is 0 Å². The topological polar surface area (TPSA) is 94.7 Å². The molecular weight excluding hydrogens is 274 g/mol. The molecule has 1 aromatic heterocycles. The van der Waals surface area contributed by atoms with Crippen molar-refractivity contribution in [3.8, 4) is 0 Å². The number of nitrogens with zero attached hydrogens (tertiary/aromatic N) is 4. The van der Waals surface area contributed by atoms with Gasteiger partial charge in [0.15, 0.2) is 0 Å². The van der Waals surface area contributed by atoms with Crippen LogP contribution in [0.2, 0.25) is 0 Å². The minimum absolute atomic E-state index is 0.137. The second-order valence-electron chi connectivity index (χ2n) is 6.04. The second-order valence-corrected chi connectivity index (χ2v) is 6.04. The molecule has 1 aliphatic rings. The first-order valence-corrected chi connectivity index (χ1v) is 7.09. The number of hydrogen-bond donors (Lipinski definition) is 2. The van der Waals surface area contributed by atoms with Crippen LogP contribution in [-0.4, -0.2) is 75.9 Å². The van der Waals surface area contributed by atoms with E-state index in [4.69, 9.17) is 4.42 Å². The van der Waals surface area contributed by atoms with Gasteiger partial charge in [0.2, 0.25) is 11.8 Å². The first-order valence-electron chi connectivity index (χ1n) is 7.09. The fourth-order valence-corrected chi connectivity index (χ4v) is 2.36. The minimum Gasteiger partial charge on any atom is -0.408 e. The summed E-state index contributed by atoms with van der Waals surface area (Å²) < 4.78 is 5.11. The molecule has 1 fully saturated rings. The zero-order valence-corrected chi connectivity index (χ0v) is 12.8. The van der Waals surface area contributed by atoms with Gasteiger partial charge in [-0.25, -0.2) is 0 Å². The molecule has 1 aromatic rings. The molecule has 21 heavy (non-hydrogen) atoms. The maximum Gasteiger partial charge on any atom is 0.322 e. The SMILES string of the molecule is Cc1nnc(NC(=O)CN2CCN(CC(C)(C)O)CC2)o1. The number of carbonyl (C=O) groups excluding carboxylic acids is 1. The number of aryl methyl sites for hydroxylation is 1. The highest BCUT2D eigenvalue weighted by Gasteiger charge is 2.23. The van der Waals surface area contributed by atoms with Crippen LogP contribution in [0.3, 0.4) is 0 Å². The van der Waals surface area contributed by atoms with Gasteiger partial charge >= 0.3 is 6.01 Å². The van der Waals surface area contributed by atoms with E-state index in [-0.39, 0.29) is 11.9 Å². The maximum atomic E-state index is 11.9. The molecule has 1 saturated heterocycles. The number of β-amino-alcohol motifs (C(OH)–C–C–N with tert-alkyl or cyclic N) is 1. The molecule has 0 saturated carbocycles. The number of rotatable bonds is 5. The summed E-state index contributed by atoms with van der Waals surface area (Å²) >= 11 is 0. The van der Waals surface area contributed by atoms with Crippen LogP contribution in [0.4, 0.5) is 6.01 Å². The molecule has 0 spiro atoms. The van der Waals surface area contributed by atoms with E-state index in [9.17, 15) is 9.90 Å². The summed E-state index contributed by atoms with van der Waals surface area (Å²) in [6.07, 6.45) is 0. The van der Waals surface area contributed by atoms with E-state index in [0.29, 0.717) is 19.0 Å². The van der Waals surface area contributed by atoms with Gasteiger partial charge in [-0.2, -0.15) is 0 Å². The normalized spacial score (nSPS) is 17.9. The van der Waals surface area contributed by atoms with E-state index in [1.165, 1.54) is 0 Å². The lowest BCUT2D eigenvalue weighted by molar-refractivity contribution is -0.118. The summed E-state index contributed by atoms with van der Waals surface area (Å²) in [6, 6.07) is 0.137. The van der Waals surface area contributed by atoms with E-state index in [1.807, 2.05) is 0 Å². The fourth-order valence-electron chi connectivity index (χ4n) is 2.36. The van der Waals surface area contributed by atoms with Crippen LogP contribution in [0.25, 0.3) is 0 Å². The third-order valence-electron chi connectivity index (χ3n) is 3.22. The molecule has 0 aliphatic carbocycles. The highest BCUT2D eigenvalue weighted by Crippen LogP contribution is 2.09. The van der Waals surface area contributed by atoms with Gasteiger partial charge in [-0.05, 0) is 13.8 Å². The first kappa shape index (κ1) is 15.9. The van der Waals surface area contributed by atoms with Gasteiger partial charge in [0.25, 0.3) is 0 Å². The third-order valence-corrected chi connectivity index (χ3v) is 3.22. The van der Waals surface area contributed by atoms with Gasteiger partial charge in [-0.3, -0.25) is 19.9 Å². The molecule has 8 nitrogen and oxygen atoms in total. The molecule has 2 rings (SSSR count). The van der Waals surface area contributed by atoms with Gasteiger partial charge in [-0.1, -0.05) is 5.10 Å². The number of anilines is 1. The van der Waals surface area contributed by atoms with Crippen molar-refractivity contribution in [2.75, 3.05) is 44.6 Å². The van der Waals surface area contributed by atoms with Gasteiger partial charge in [0.05, 0.1) is 12.1 Å². The van der Waals surface area contributed by atoms with E-state index < -0.39 is 5.60 Å². The molecule has 0 aromatic carbocycles. The van der Waals surface area contributed by atoms with Crippen molar-refractivity contribution in [3.05, 3.63) is 5.89 Å². The smallest absolute Gasteiger partial charge is 0.322 e. The van der Waals surface area contributed by atoms with E-state index in [1.54, 1.807) is 20.8 Å². The number of aliphatic hydroxyl groups is 1. The molecule has 2 N–H and O–H groups in total. The van der Waals surface area contributed by atoms with Crippen LogP contribution < -0.4 is 5.32 Å². The number of carbonyl (C=O) groups is 1. The third kappa shape index (κ3) is 5.41. The number of hydrogen-bond acceptors (Lipinski definition) is 7. The van der Waals surface area contributed by atoms with Crippen molar-refractivity contribution in [3.63, 3.8) is 0 Å². The average Bonchev–Trinajstić information content (AvgIpc) is 2.75. The molecular formula is C13H23N5O3. The highest BCUT2D eigenvalue weighted by atomic mass is 16.4. The average molecular weight is 297 g/mol. The summed E-state index contributed by atoms with van der Waals surface area (Å²) in [6.45, 7) is 9.52. The molecule has 2 heterocycles. The second kappa shape index (κ2) is 6.50. The Morgan fingerprint density at radius 1 is 1.29 bits per heavy atom. The van der Waals surface area contributed by atoms with Crippen LogP contribution in [0.1, 0.15) is 19.7 Å². The van der Waals surface area contributed by atoms with Gasteiger partial charge in [-0.15, -0.1) is 5.10 Å². The van der Waals surface area contributed by atoms with Crippen molar-refractivity contribution >= 4 is 11.9 Å².